The largest absolute Gasteiger partial charge is 0.465 e. The Kier molecular flexibility index (Phi) is 4.56. The molecule has 0 aliphatic carbocycles. The van der Waals surface area contributed by atoms with E-state index in [2.05, 4.69) is 26.1 Å². The minimum Gasteiger partial charge on any atom is -0.465 e. The molecule has 0 saturated heterocycles. The van der Waals surface area contributed by atoms with Crippen LogP contribution in [0.3, 0.4) is 0 Å². The molecule has 0 saturated carbocycles. The highest BCUT2D eigenvalue weighted by atomic mass is 16.5. The van der Waals surface area contributed by atoms with E-state index in [-0.39, 0.29) is 11.6 Å². The molecule has 2 aromatic heterocycles. The molecule has 1 amide bonds. The number of esters is 1. The summed E-state index contributed by atoms with van der Waals surface area (Å²) in [5, 5.41) is 3.99. The van der Waals surface area contributed by atoms with E-state index in [9.17, 15) is 9.59 Å². The number of ether oxygens (including phenoxy) is 1. The third-order valence-corrected chi connectivity index (χ3v) is 3.77. The number of benzene rings is 1. The van der Waals surface area contributed by atoms with Crippen LogP contribution in [-0.2, 0) is 11.2 Å². The number of aromatic amines is 1. The number of H-pyrrole nitrogens is 1. The van der Waals surface area contributed by atoms with E-state index in [0.717, 1.165) is 22.9 Å². The Balaban J connectivity index is 1.58. The van der Waals surface area contributed by atoms with Crippen LogP contribution in [0.4, 0.5) is 0 Å². The van der Waals surface area contributed by atoms with Gasteiger partial charge in [0.05, 0.1) is 12.7 Å². The van der Waals surface area contributed by atoms with Crippen molar-refractivity contribution in [2.75, 3.05) is 13.7 Å². The van der Waals surface area contributed by atoms with Crippen molar-refractivity contribution in [1.82, 2.24) is 15.3 Å². The van der Waals surface area contributed by atoms with Gasteiger partial charge in [-0.05, 0) is 30.2 Å². The van der Waals surface area contributed by atoms with Crippen molar-refractivity contribution >= 4 is 22.8 Å². The van der Waals surface area contributed by atoms with Crippen LogP contribution < -0.4 is 5.32 Å². The minimum atomic E-state index is -0.478. The Hall–Kier alpha value is -3.15. The van der Waals surface area contributed by atoms with Gasteiger partial charge in [-0.2, -0.15) is 0 Å². The normalized spacial score (nSPS) is 10.5. The molecule has 0 aliphatic rings. The number of rotatable bonds is 5. The molecule has 0 fully saturated rings. The number of hydrogen-bond acceptors (Lipinski definition) is 4. The van der Waals surface area contributed by atoms with Gasteiger partial charge in [0.25, 0.3) is 5.91 Å². The van der Waals surface area contributed by atoms with Crippen LogP contribution >= 0.6 is 0 Å². The predicted molar refractivity (Wildman–Crippen MR) is 89.9 cm³/mol. The number of hydrogen-bond donors (Lipinski definition) is 2. The summed E-state index contributed by atoms with van der Waals surface area (Å²) in [7, 11) is 1.30. The fraction of sp³-hybridized carbons (Fsp3) is 0.167. The second kappa shape index (κ2) is 6.95. The van der Waals surface area contributed by atoms with Crippen LogP contribution in [-0.4, -0.2) is 35.5 Å². The summed E-state index contributed by atoms with van der Waals surface area (Å²) in [5.41, 5.74) is 2.81. The molecule has 0 bridgehead atoms. The Morgan fingerprint density at radius 3 is 2.79 bits per heavy atom. The van der Waals surface area contributed by atoms with Crippen molar-refractivity contribution in [1.29, 1.82) is 0 Å². The number of fused-ring (bicyclic) bond motifs is 1. The van der Waals surface area contributed by atoms with Crippen LogP contribution in [0.2, 0.25) is 0 Å². The molecule has 1 aromatic carbocycles. The summed E-state index contributed by atoms with van der Waals surface area (Å²) in [6.45, 7) is 0.501. The lowest BCUT2D eigenvalue weighted by Crippen LogP contribution is -2.26. The topological polar surface area (TPSA) is 84.1 Å². The van der Waals surface area contributed by atoms with Gasteiger partial charge in [0, 0.05) is 29.8 Å². The van der Waals surface area contributed by atoms with Crippen LogP contribution in [0.15, 0.2) is 48.8 Å². The van der Waals surface area contributed by atoms with Gasteiger partial charge in [0.15, 0.2) is 0 Å². The lowest BCUT2D eigenvalue weighted by Gasteiger charge is -2.05. The molecule has 3 rings (SSSR count). The Bertz CT molecular complexity index is 869. The maximum absolute atomic E-state index is 12.1. The number of nitrogens with one attached hydrogen (secondary N) is 2. The molecule has 6 heteroatoms. The van der Waals surface area contributed by atoms with Gasteiger partial charge in [-0.15, -0.1) is 0 Å². The van der Waals surface area contributed by atoms with Crippen LogP contribution in [0, 0.1) is 0 Å². The van der Waals surface area contributed by atoms with Gasteiger partial charge in [0.1, 0.15) is 5.69 Å². The molecule has 3 aromatic rings. The standard InChI is InChI=1S/C18H17N3O3/c1-24-18(23)13-6-7-16(21-11-13)17(22)19-9-8-12-10-20-15-5-3-2-4-14(12)15/h2-7,10-11,20H,8-9H2,1H3,(H,19,22). The van der Waals surface area contributed by atoms with Crippen molar-refractivity contribution in [3.8, 4) is 0 Å². The second-order valence-electron chi connectivity index (χ2n) is 5.29. The Labute approximate surface area is 138 Å². The summed E-state index contributed by atoms with van der Waals surface area (Å²) in [5.74, 6) is -0.750. The van der Waals surface area contributed by atoms with Gasteiger partial charge in [-0.1, -0.05) is 18.2 Å². The van der Waals surface area contributed by atoms with Gasteiger partial charge in [-0.3, -0.25) is 9.78 Å². The van der Waals surface area contributed by atoms with Crippen LogP contribution in [0.1, 0.15) is 26.4 Å². The van der Waals surface area contributed by atoms with E-state index in [1.54, 1.807) is 0 Å². The van der Waals surface area contributed by atoms with Gasteiger partial charge in [-0.25, -0.2) is 4.79 Å². The highest BCUT2D eigenvalue weighted by Gasteiger charge is 2.10. The zero-order valence-corrected chi connectivity index (χ0v) is 13.2. The molecule has 0 unspecified atom stereocenters. The SMILES string of the molecule is COC(=O)c1ccc(C(=O)NCCc2c[nH]c3ccccc23)nc1. The Morgan fingerprint density at radius 2 is 2.04 bits per heavy atom. The quantitative estimate of drug-likeness (QED) is 0.706. The van der Waals surface area contributed by atoms with Crippen molar-refractivity contribution in [3.63, 3.8) is 0 Å². The summed E-state index contributed by atoms with van der Waals surface area (Å²) in [6.07, 6.45) is 4.01. The smallest absolute Gasteiger partial charge is 0.339 e. The number of nitrogens with zero attached hydrogens (tertiary/aromatic N) is 1. The highest BCUT2D eigenvalue weighted by molar-refractivity contribution is 5.94. The van der Waals surface area contributed by atoms with Gasteiger partial charge in [0.2, 0.25) is 0 Å². The number of carbonyl (C=O) groups is 2. The van der Waals surface area contributed by atoms with E-state index in [4.69, 9.17) is 0 Å². The van der Waals surface area contributed by atoms with E-state index in [1.165, 1.54) is 25.4 Å². The number of para-hydroxylation sites is 1. The molecule has 0 atom stereocenters. The first-order chi connectivity index (χ1) is 11.7. The average molecular weight is 323 g/mol. The van der Waals surface area contributed by atoms with E-state index < -0.39 is 5.97 Å². The summed E-state index contributed by atoms with van der Waals surface area (Å²) in [4.78, 5) is 30.6. The molecule has 24 heavy (non-hydrogen) atoms. The first kappa shape index (κ1) is 15.7. The van der Waals surface area contributed by atoms with Crippen molar-refractivity contribution in [2.45, 2.75) is 6.42 Å². The third-order valence-electron chi connectivity index (χ3n) is 3.77. The molecular weight excluding hydrogens is 306 g/mol. The summed E-state index contributed by atoms with van der Waals surface area (Å²) >= 11 is 0. The zero-order valence-electron chi connectivity index (χ0n) is 13.2. The van der Waals surface area contributed by atoms with E-state index in [1.807, 2.05) is 24.4 Å². The molecule has 0 radical (unpaired) electrons. The second-order valence-corrected chi connectivity index (χ2v) is 5.29. The summed E-state index contributed by atoms with van der Waals surface area (Å²) < 4.78 is 4.60. The molecule has 0 spiro atoms. The Morgan fingerprint density at radius 1 is 1.21 bits per heavy atom. The van der Waals surface area contributed by atoms with Crippen molar-refractivity contribution in [2.24, 2.45) is 0 Å². The molecule has 6 nitrogen and oxygen atoms in total. The first-order valence-corrected chi connectivity index (χ1v) is 7.56. The third kappa shape index (κ3) is 3.27. The maximum atomic E-state index is 12.1. The van der Waals surface area contributed by atoms with Crippen molar-refractivity contribution in [3.05, 3.63) is 65.6 Å². The van der Waals surface area contributed by atoms with Gasteiger partial charge >= 0.3 is 5.97 Å². The lowest BCUT2D eigenvalue weighted by molar-refractivity contribution is 0.0599. The van der Waals surface area contributed by atoms with Crippen LogP contribution in [0.25, 0.3) is 10.9 Å². The molecular formula is C18H17N3O3. The van der Waals surface area contributed by atoms with Crippen molar-refractivity contribution < 1.29 is 14.3 Å². The molecule has 2 N–H and O–H groups in total. The highest BCUT2D eigenvalue weighted by Crippen LogP contribution is 2.17. The number of methoxy groups -OCH3 is 1. The molecule has 0 aliphatic heterocycles. The number of amides is 1. The lowest BCUT2D eigenvalue weighted by atomic mass is 10.1. The van der Waals surface area contributed by atoms with Gasteiger partial charge < -0.3 is 15.0 Å². The fourth-order valence-corrected chi connectivity index (χ4v) is 2.51. The van der Waals surface area contributed by atoms with E-state index in [0.29, 0.717) is 12.1 Å². The average Bonchev–Trinajstić information content (AvgIpc) is 3.04. The fourth-order valence-electron chi connectivity index (χ4n) is 2.51. The summed E-state index contributed by atoms with van der Waals surface area (Å²) in [6, 6.07) is 11.1. The number of carbonyl (C=O) groups excluding carboxylic acids is 2. The zero-order chi connectivity index (χ0) is 16.9. The first-order valence-electron chi connectivity index (χ1n) is 7.56. The molecule has 2 heterocycles. The predicted octanol–water partition coefficient (Wildman–Crippen LogP) is 2.32. The van der Waals surface area contributed by atoms with Crippen LogP contribution in [0.5, 0.6) is 0 Å². The number of pyridine rings is 1. The monoisotopic (exact) mass is 323 g/mol. The number of aromatic nitrogens is 2. The molecule has 122 valence electrons. The minimum absolute atomic E-state index is 0.265. The van der Waals surface area contributed by atoms with E-state index >= 15 is 0 Å². The maximum Gasteiger partial charge on any atom is 0.339 e.